The smallest absolute Gasteiger partial charge is 0.344 e. The van der Waals surface area contributed by atoms with Crippen LogP contribution in [0.15, 0.2) is 64.5 Å². The third-order valence-corrected chi connectivity index (χ3v) is 5.01. The average molecular weight is 410 g/mol. The molecule has 0 bridgehead atoms. The molecule has 1 fully saturated rings. The third-order valence-electron chi connectivity index (χ3n) is 4.00. The Morgan fingerprint density at radius 3 is 2.66 bits per heavy atom. The minimum Gasteiger partial charge on any atom is -0.482 e. The molecule has 150 valence electrons. The monoisotopic (exact) mass is 410 g/mol. The average Bonchev–Trinajstić information content (AvgIpc) is 3.01. The van der Waals surface area contributed by atoms with Crippen molar-refractivity contribution in [2.24, 2.45) is 4.99 Å². The lowest BCUT2D eigenvalue weighted by Crippen LogP contribution is -2.28. The number of hydrogen-bond acceptors (Lipinski definition) is 6. The van der Waals surface area contributed by atoms with Gasteiger partial charge in [0.1, 0.15) is 5.75 Å². The maximum absolute atomic E-state index is 12.8. The molecule has 0 saturated carbocycles. The van der Waals surface area contributed by atoms with Crippen molar-refractivity contribution < 1.29 is 19.1 Å². The Kier molecular flexibility index (Phi) is 7.08. The van der Waals surface area contributed by atoms with Crippen LogP contribution in [0, 0.1) is 0 Å². The molecule has 0 spiro atoms. The standard InChI is InChI=1S/C22H22N2O4S/c1-3-24-21(26)19(29-22(24)23-17-10-6-5-7-11-17)14-16-9-8-12-18(13-16)28-15-20(25)27-4-2/h5-14H,3-4,15H2,1-2H3/b19-14+,23-22?. The first-order valence-electron chi connectivity index (χ1n) is 9.34. The lowest BCUT2D eigenvalue weighted by molar-refractivity contribution is -0.145. The molecule has 7 heteroatoms. The van der Waals surface area contributed by atoms with Crippen molar-refractivity contribution in [1.29, 1.82) is 0 Å². The number of amides is 1. The maximum atomic E-state index is 12.8. The second-order valence-electron chi connectivity index (χ2n) is 6.06. The number of carbonyl (C=O) groups excluding carboxylic acids is 2. The first-order valence-corrected chi connectivity index (χ1v) is 10.2. The maximum Gasteiger partial charge on any atom is 0.344 e. The number of aliphatic imine (C=N–C) groups is 1. The van der Waals surface area contributed by atoms with Crippen molar-refractivity contribution in [2.75, 3.05) is 19.8 Å². The molecule has 0 aliphatic carbocycles. The normalized spacial score (nSPS) is 16.5. The largest absolute Gasteiger partial charge is 0.482 e. The lowest BCUT2D eigenvalue weighted by atomic mass is 10.2. The Bertz CT molecular complexity index is 941. The molecule has 3 rings (SSSR count). The zero-order valence-electron chi connectivity index (χ0n) is 16.3. The summed E-state index contributed by atoms with van der Waals surface area (Å²) in [6, 6.07) is 16.8. The van der Waals surface area contributed by atoms with Crippen LogP contribution in [0.4, 0.5) is 5.69 Å². The predicted octanol–water partition coefficient (Wildman–Crippen LogP) is 4.25. The Labute approximate surface area is 174 Å². The number of ether oxygens (including phenoxy) is 2. The van der Waals surface area contributed by atoms with Crippen LogP contribution in [0.25, 0.3) is 6.08 Å². The number of likely N-dealkylation sites (N-methyl/N-ethyl adjacent to an activating group) is 1. The van der Waals surface area contributed by atoms with Crippen LogP contribution < -0.4 is 4.74 Å². The van der Waals surface area contributed by atoms with Crippen molar-refractivity contribution in [1.82, 2.24) is 4.90 Å². The summed E-state index contributed by atoms with van der Waals surface area (Å²) < 4.78 is 10.3. The van der Waals surface area contributed by atoms with E-state index in [9.17, 15) is 9.59 Å². The predicted molar refractivity (Wildman–Crippen MR) is 115 cm³/mol. The summed E-state index contributed by atoms with van der Waals surface area (Å²) in [5.41, 5.74) is 1.61. The second kappa shape index (κ2) is 9.93. The molecule has 1 saturated heterocycles. The van der Waals surface area contributed by atoms with Gasteiger partial charge in [0.2, 0.25) is 0 Å². The van der Waals surface area contributed by atoms with Crippen LogP contribution in [0.3, 0.4) is 0 Å². The SMILES string of the molecule is CCOC(=O)COc1cccc(/C=C2/SC(=Nc3ccccc3)N(CC)C2=O)c1. The van der Waals surface area contributed by atoms with Gasteiger partial charge in [-0.05, 0) is 61.5 Å². The van der Waals surface area contributed by atoms with Crippen molar-refractivity contribution in [2.45, 2.75) is 13.8 Å². The van der Waals surface area contributed by atoms with E-state index in [1.165, 1.54) is 11.8 Å². The molecular formula is C22H22N2O4S. The van der Waals surface area contributed by atoms with Gasteiger partial charge in [0, 0.05) is 6.54 Å². The number of thioether (sulfide) groups is 1. The van der Waals surface area contributed by atoms with E-state index in [1.807, 2.05) is 49.4 Å². The fraction of sp³-hybridized carbons (Fsp3) is 0.227. The molecule has 0 atom stereocenters. The highest BCUT2D eigenvalue weighted by Crippen LogP contribution is 2.34. The molecule has 1 heterocycles. The number of nitrogens with zero attached hydrogens (tertiary/aromatic N) is 2. The molecule has 6 nitrogen and oxygen atoms in total. The fourth-order valence-electron chi connectivity index (χ4n) is 2.67. The molecule has 0 unspecified atom stereocenters. The third kappa shape index (κ3) is 5.48. The van der Waals surface area contributed by atoms with Crippen LogP contribution in [0.1, 0.15) is 19.4 Å². The van der Waals surface area contributed by atoms with Gasteiger partial charge in [-0.3, -0.25) is 9.69 Å². The van der Waals surface area contributed by atoms with Gasteiger partial charge in [0.25, 0.3) is 5.91 Å². The van der Waals surface area contributed by atoms with E-state index in [0.29, 0.717) is 29.0 Å². The lowest BCUT2D eigenvalue weighted by Gasteiger charge is -2.11. The number of benzene rings is 2. The second-order valence-corrected chi connectivity index (χ2v) is 7.07. The van der Waals surface area contributed by atoms with Crippen LogP contribution in [-0.4, -0.2) is 41.7 Å². The molecule has 2 aromatic carbocycles. The summed E-state index contributed by atoms with van der Waals surface area (Å²) in [6.45, 7) is 4.37. The van der Waals surface area contributed by atoms with E-state index in [4.69, 9.17) is 9.47 Å². The number of hydrogen-bond donors (Lipinski definition) is 0. The minimum atomic E-state index is -0.418. The fourth-order valence-corrected chi connectivity index (χ4v) is 3.74. The van der Waals surface area contributed by atoms with Gasteiger partial charge in [-0.15, -0.1) is 0 Å². The van der Waals surface area contributed by atoms with Crippen LogP contribution >= 0.6 is 11.8 Å². The van der Waals surface area contributed by atoms with E-state index in [0.717, 1.165) is 11.3 Å². The summed E-state index contributed by atoms with van der Waals surface area (Å²) in [5, 5.41) is 0.657. The highest BCUT2D eigenvalue weighted by atomic mass is 32.2. The van der Waals surface area contributed by atoms with Crippen molar-refractivity contribution in [3.05, 3.63) is 65.1 Å². The van der Waals surface area contributed by atoms with Crippen LogP contribution in [0.5, 0.6) is 5.75 Å². The van der Waals surface area contributed by atoms with Crippen molar-refractivity contribution in [3.63, 3.8) is 0 Å². The number of esters is 1. The van der Waals surface area contributed by atoms with Crippen molar-refractivity contribution in [3.8, 4) is 5.75 Å². The highest BCUT2D eigenvalue weighted by Gasteiger charge is 2.32. The molecule has 1 amide bonds. The first-order chi connectivity index (χ1) is 14.1. The molecule has 1 aliphatic rings. The van der Waals surface area contributed by atoms with Gasteiger partial charge >= 0.3 is 5.97 Å². The Morgan fingerprint density at radius 1 is 1.14 bits per heavy atom. The minimum absolute atomic E-state index is 0.0787. The number of amidine groups is 1. The van der Waals surface area contributed by atoms with Gasteiger partial charge in [-0.25, -0.2) is 9.79 Å². The molecule has 2 aromatic rings. The van der Waals surface area contributed by atoms with E-state index < -0.39 is 5.97 Å². The zero-order valence-corrected chi connectivity index (χ0v) is 17.1. The number of rotatable bonds is 7. The van der Waals surface area contributed by atoms with Gasteiger partial charge in [-0.1, -0.05) is 30.3 Å². The van der Waals surface area contributed by atoms with Crippen molar-refractivity contribution >= 4 is 40.6 Å². The van der Waals surface area contributed by atoms with Gasteiger partial charge in [0.15, 0.2) is 11.8 Å². The van der Waals surface area contributed by atoms with Gasteiger partial charge < -0.3 is 9.47 Å². The number of para-hydroxylation sites is 1. The molecule has 0 radical (unpaired) electrons. The summed E-state index contributed by atoms with van der Waals surface area (Å²) in [5.74, 6) is 0.0385. The summed E-state index contributed by atoms with van der Waals surface area (Å²) in [4.78, 5) is 31.1. The van der Waals surface area contributed by atoms with Crippen LogP contribution in [0.2, 0.25) is 0 Å². The molecule has 29 heavy (non-hydrogen) atoms. The summed E-state index contributed by atoms with van der Waals surface area (Å²) >= 11 is 1.34. The molecule has 0 aromatic heterocycles. The first kappa shape index (κ1) is 20.7. The quantitative estimate of drug-likeness (QED) is 0.504. The van der Waals surface area contributed by atoms with Crippen LogP contribution in [-0.2, 0) is 14.3 Å². The zero-order chi connectivity index (χ0) is 20.6. The van der Waals surface area contributed by atoms with E-state index in [2.05, 4.69) is 4.99 Å². The molecular weight excluding hydrogens is 388 g/mol. The Hall–Kier alpha value is -3.06. The molecule has 0 N–H and O–H groups in total. The van der Waals surface area contributed by atoms with E-state index >= 15 is 0 Å². The Morgan fingerprint density at radius 2 is 1.93 bits per heavy atom. The highest BCUT2D eigenvalue weighted by molar-refractivity contribution is 8.18. The topological polar surface area (TPSA) is 68.2 Å². The van der Waals surface area contributed by atoms with E-state index in [1.54, 1.807) is 30.0 Å². The molecule has 1 aliphatic heterocycles. The number of carbonyl (C=O) groups is 2. The summed E-state index contributed by atoms with van der Waals surface area (Å²) in [6.07, 6.45) is 1.81. The summed E-state index contributed by atoms with van der Waals surface area (Å²) in [7, 11) is 0. The Balaban J connectivity index is 1.78. The van der Waals surface area contributed by atoms with Gasteiger partial charge in [-0.2, -0.15) is 0 Å². The van der Waals surface area contributed by atoms with Gasteiger partial charge in [0.05, 0.1) is 17.2 Å². The van der Waals surface area contributed by atoms with E-state index in [-0.39, 0.29) is 12.5 Å².